The van der Waals surface area contributed by atoms with E-state index in [1.54, 1.807) is 12.1 Å². The van der Waals surface area contributed by atoms with Gasteiger partial charge in [0.15, 0.2) is 11.6 Å². The van der Waals surface area contributed by atoms with Gasteiger partial charge in [0.2, 0.25) is 5.89 Å². The molecule has 7 heteroatoms. The van der Waals surface area contributed by atoms with Gasteiger partial charge in [-0.25, -0.2) is 0 Å². The first kappa shape index (κ1) is 14.4. The molecular formula is C16H19N3O4. The number of carbonyl (C=O) groups excluding carboxylic acids is 1. The van der Waals surface area contributed by atoms with Crippen molar-refractivity contribution in [3.63, 3.8) is 0 Å². The minimum atomic E-state index is -0.0446. The smallest absolute Gasteiger partial charge is 0.289 e. The summed E-state index contributed by atoms with van der Waals surface area (Å²) < 4.78 is 16.2. The van der Waals surface area contributed by atoms with E-state index in [0.29, 0.717) is 61.4 Å². The maximum atomic E-state index is 12.5. The van der Waals surface area contributed by atoms with Crippen LogP contribution in [-0.4, -0.2) is 47.3 Å². The number of aryl methyl sites for hydroxylation is 1. The summed E-state index contributed by atoms with van der Waals surface area (Å²) in [5, 5.41) is 3.84. The third kappa shape index (κ3) is 2.76. The van der Waals surface area contributed by atoms with Crippen LogP contribution >= 0.6 is 0 Å². The van der Waals surface area contributed by atoms with Crippen molar-refractivity contribution in [2.24, 2.45) is 17.8 Å². The van der Waals surface area contributed by atoms with Crippen LogP contribution in [0.25, 0.3) is 0 Å². The van der Waals surface area contributed by atoms with Crippen LogP contribution < -0.4 is 0 Å². The number of likely N-dealkylation sites (tertiary alicyclic amines) is 1. The second-order valence-corrected chi connectivity index (χ2v) is 6.35. The van der Waals surface area contributed by atoms with E-state index in [1.807, 2.05) is 11.8 Å². The third-order valence-electron chi connectivity index (χ3n) is 4.79. The van der Waals surface area contributed by atoms with E-state index in [4.69, 9.17) is 13.7 Å². The molecule has 2 aromatic rings. The highest BCUT2D eigenvalue weighted by Gasteiger charge is 2.43. The number of hydrogen-bond donors (Lipinski definition) is 0. The van der Waals surface area contributed by atoms with Gasteiger partial charge in [0, 0.05) is 25.4 Å². The molecule has 23 heavy (non-hydrogen) atoms. The molecule has 0 aromatic carbocycles. The number of amides is 1. The van der Waals surface area contributed by atoms with Crippen LogP contribution in [0.5, 0.6) is 0 Å². The zero-order chi connectivity index (χ0) is 15.8. The molecular weight excluding hydrogens is 298 g/mol. The monoisotopic (exact) mass is 317 g/mol. The summed E-state index contributed by atoms with van der Waals surface area (Å²) >= 11 is 0. The molecule has 1 amide bonds. The Morgan fingerprint density at radius 3 is 3.04 bits per heavy atom. The van der Waals surface area contributed by atoms with Gasteiger partial charge in [-0.3, -0.25) is 4.79 Å². The molecule has 4 rings (SSSR count). The molecule has 0 saturated carbocycles. The molecule has 0 N–H and O–H groups in total. The highest BCUT2D eigenvalue weighted by Crippen LogP contribution is 2.36. The predicted octanol–water partition coefficient (Wildman–Crippen LogP) is 1.55. The predicted molar refractivity (Wildman–Crippen MR) is 78.6 cm³/mol. The minimum Gasteiger partial charge on any atom is -0.459 e. The summed E-state index contributed by atoms with van der Waals surface area (Å²) in [6.07, 6.45) is 2.23. The lowest BCUT2D eigenvalue weighted by molar-refractivity contribution is -0.0110. The van der Waals surface area contributed by atoms with Crippen LogP contribution in [0, 0.1) is 24.7 Å². The molecule has 0 bridgehead atoms. The average molecular weight is 317 g/mol. The fourth-order valence-electron chi connectivity index (χ4n) is 3.68. The number of carbonyl (C=O) groups is 1. The molecule has 7 nitrogen and oxygen atoms in total. The molecule has 2 aliphatic heterocycles. The van der Waals surface area contributed by atoms with E-state index in [9.17, 15) is 4.79 Å². The maximum absolute atomic E-state index is 12.5. The van der Waals surface area contributed by atoms with Gasteiger partial charge in [0.25, 0.3) is 5.91 Å². The summed E-state index contributed by atoms with van der Waals surface area (Å²) in [4.78, 5) is 18.6. The number of ether oxygens (including phenoxy) is 1. The van der Waals surface area contributed by atoms with Gasteiger partial charge in [-0.05, 0) is 30.9 Å². The Balaban J connectivity index is 1.47. The Kier molecular flexibility index (Phi) is 3.65. The number of aromatic nitrogens is 2. The first-order chi connectivity index (χ1) is 11.2. The summed E-state index contributed by atoms with van der Waals surface area (Å²) in [5.41, 5.74) is 0. The largest absolute Gasteiger partial charge is 0.459 e. The van der Waals surface area contributed by atoms with Gasteiger partial charge in [0.1, 0.15) is 0 Å². The first-order valence-corrected chi connectivity index (χ1v) is 7.90. The van der Waals surface area contributed by atoms with Crippen molar-refractivity contribution in [2.45, 2.75) is 13.3 Å². The number of fused-ring (bicyclic) bond motifs is 1. The van der Waals surface area contributed by atoms with Crippen molar-refractivity contribution >= 4 is 5.91 Å². The van der Waals surface area contributed by atoms with Gasteiger partial charge in [-0.1, -0.05) is 5.16 Å². The van der Waals surface area contributed by atoms with Crippen molar-refractivity contribution < 1.29 is 18.5 Å². The third-order valence-corrected chi connectivity index (χ3v) is 4.79. The fraction of sp³-hybridized carbons (Fsp3) is 0.562. The molecule has 0 unspecified atom stereocenters. The molecule has 3 atom stereocenters. The Labute approximate surface area is 133 Å². The van der Waals surface area contributed by atoms with Crippen LogP contribution in [0.4, 0.5) is 0 Å². The standard InChI is InChI=1S/C16H19N3O4/c1-10-17-15(23-18-10)5-11-8-21-9-12-6-19(7-13(11)12)16(20)14-3-2-4-22-14/h2-4,11-13H,5-9H2,1H3/t11-,12-,13+/m1/s1. The zero-order valence-corrected chi connectivity index (χ0v) is 13.0. The highest BCUT2D eigenvalue weighted by atomic mass is 16.5. The molecule has 0 spiro atoms. The Bertz CT molecular complexity index is 681. The van der Waals surface area contributed by atoms with Crippen LogP contribution in [0.3, 0.4) is 0 Å². The van der Waals surface area contributed by atoms with Crippen molar-refractivity contribution in [1.82, 2.24) is 15.0 Å². The van der Waals surface area contributed by atoms with Crippen LogP contribution in [0.15, 0.2) is 27.3 Å². The van der Waals surface area contributed by atoms with Crippen molar-refractivity contribution in [2.75, 3.05) is 26.3 Å². The van der Waals surface area contributed by atoms with Gasteiger partial charge in [-0.2, -0.15) is 4.98 Å². The Hall–Kier alpha value is -2.15. The molecule has 2 fully saturated rings. The van der Waals surface area contributed by atoms with Gasteiger partial charge < -0.3 is 18.6 Å². The first-order valence-electron chi connectivity index (χ1n) is 7.90. The van der Waals surface area contributed by atoms with Crippen molar-refractivity contribution in [3.05, 3.63) is 35.9 Å². The summed E-state index contributed by atoms with van der Waals surface area (Å²) in [5.74, 6) is 2.70. The Morgan fingerprint density at radius 2 is 2.30 bits per heavy atom. The van der Waals surface area contributed by atoms with E-state index in [0.717, 1.165) is 6.54 Å². The summed E-state index contributed by atoms with van der Waals surface area (Å²) in [6.45, 7) is 4.62. The van der Waals surface area contributed by atoms with E-state index in [-0.39, 0.29) is 5.91 Å². The van der Waals surface area contributed by atoms with Crippen molar-refractivity contribution in [1.29, 1.82) is 0 Å². The van der Waals surface area contributed by atoms with Crippen LogP contribution in [0.2, 0.25) is 0 Å². The number of rotatable bonds is 3. The average Bonchev–Trinajstić information content (AvgIpc) is 3.26. The SMILES string of the molecule is Cc1noc(C[C@@H]2COC[C@H]3CN(C(=O)c4ccco4)C[C@@H]23)n1. The van der Waals surface area contributed by atoms with E-state index in [1.165, 1.54) is 6.26 Å². The van der Waals surface area contributed by atoms with Crippen LogP contribution in [0.1, 0.15) is 22.3 Å². The normalized spacial score (nSPS) is 27.2. The van der Waals surface area contributed by atoms with Gasteiger partial charge in [-0.15, -0.1) is 0 Å². The topological polar surface area (TPSA) is 81.6 Å². The fourth-order valence-corrected chi connectivity index (χ4v) is 3.68. The van der Waals surface area contributed by atoms with E-state index < -0.39 is 0 Å². The molecule has 4 heterocycles. The molecule has 2 aliphatic rings. The van der Waals surface area contributed by atoms with Gasteiger partial charge in [0.05, 0.1) is 19.5 Å². The molecule has 0 radical (unpaired) electrons. The minimum absolute atomic E-state index is 0.0446. The lowest BCUT2D eigenvalue weighted by Gasteiger charge is -2.31. The molecule has 122 valence electrons. The number of hydrogen-bond acceptors (Lipinski definition) is 6. The van der Waals surface area contributed by atoms with Crippen molar-refractivity contribution in [3.8, 4) is 0 Å². The maximum Gasteiger partial charge on any atom is 0.289 e. The molecule has 2 saturated heterocycles. The molecule has 2 aromatic heterocycles. The Morgan fingerprint density at radius 1 is 1.39 bits per heavy atom. The lowest BCUT2D eigenvalue weighted by Crippen LogP contribution is -2.36. The second-order valence-electron chi connectivity index (χ2n) is 6.35. The molecule has 0 aliphatic carbocycles. The van der Waals surface area contributed by atoms with E-state index in [2.05, 4.69) is 10.1 Å². The quantitative estimate of drug-likeness (QED) is 0.854. The number of nitrogens with zero attached hydrogens (tertiary/aromatic N) is 3. The van der Waals surface area contributed by atoms with E-state index >= 15 is 0 Å². The van der Waals surface area contributed by atoms with Crippen LogP contribution in [-0.2, 0) is 11.2 Å². The lowest BCUT2D eigenvalue weighted by atomic mass is 9.81. The zero-order valence-electron chi connectivity index (χ0n) is 13.0. The highest BCUT2D eigenvalue weighted by molar-refractivity contribution is 5.91. The summed E-state index contributed by atoms with van der Waals surface area (Å²) in [6, 6.07) is 3.44. The summed E-state index contributed by atoms with van der Waals surface area (Å²) in [7, 11) is 0. The second kappa shape index (κ2) is 5.81. The number of furan rings is 1. The van der Waals surface area contributed by atoms with Gasteiger partial charge >= 0.3 is 0 Å².